The molecule has 0 aromatic heterocycles. The Morgan fingerprint density at radius 3 is 2.65 bits per heavy atom. The second-order valence-electron chi connectivity index (χ2n) is 6.13. The Balaban J connectivity index is 2.00. The number of amides is 1. The van der Waals surface area contributed by atoms with E-state index in [9.17, 15) is 9.90 Å². The molecule has 98 valence electrons. The van der Waals surface area contributed by atoms with Gasteiger partial charge >= 0.3 is 0 Å². The van der Waals surface area contributed by atoms with E-state index in [1.165, 1.54) is 0 Å². The Hall–Kier alpha value is -0.610. The minimum Gasteiger partial charge on any atom is -0.390 e. The Morgan fingerprint density at radius 1 is 1.24 bits per heavy atom. The van der Waals surface area contributed by atoms with E-state index < -0.39 is 5.60 Å². The summed E-state index contributed by atoms with van der Waals surface area (Å²) < 4.78 is 0. The number of rotatable bonds is 1. The first-order valence-corrected chi connectivity index (χ1v) is 6.66. The second-order valence-corrected chi connectivity index (χ2v) is 6.13. The fourth-order valence-electron chi connectivity index (χ4n) is 2.85. The number of aliphatic hydroxyl groups is 1. The highest BCUT2D eigenvalue weighted by atomic mass is 16.3. The van der Waals surface area contributed by atoms with Gasteiger partial charge in [-0.2, -0.15) is 0 Å². The van der Waals surface area contributed by atoms with Gasteiger partial charge in [0.05, 0.1) is 11.0 Å². The molecule has 0 spiro atoms. The van der Waals surface area contributed by atoms with Crippen LogP contribution in [-0.2, 0) is 4.79 Å². The van der Waals surface area contributed by atoms with Crippen molar-refractivity contribution in [3.63, 3.8) is 0 Å². The number of hydrogen-bond donors (Lipinski definition) is 2. The zero-order chi connectivity index (χ0) is 12.5. The maximum atomic E-state index is 12.5. The summed E-state index contributed by atoms with van der Waals surface area (Å²) in [7, 11) is 0. The first kappa shape index (κ1) is 12.8. The van der Waals surface area contributed by atoms with Crippen LogP contribution in [0.25, 0.3) is 0 Å². The summed E-state index contributed by atoms with van der Waals surface area (Å²) in [5, 5.41) is 13.3. The summed E-state index contributed by atoms with van der Waals surface area (Å²) in [5.41, 5.74) is -0.819. The van der Waals surface area contributed by atoms with Gasteiger partial charge in [0.2, 0.25) is 5.91 Å². The van der Waals surface area contributed by atoms with Crippen LogP contribution in [-0.4, -0.2) is 47.7 Å². The molecule has 0 radical (unpaired) electrons. The summed E-state index contributed by atoms with van der Waals surface area (Å²) in [5.74, 6) is 0.264. The smallest absolute Gasteiger partial charge is 0.229 e. The molecule has 2 saturated heterocycles. The van der Waals surface area contributed by atoms with Crippen molar-refractivity contribution < 1.29 is 9.90 Å². The van der Waals surface area contributed by atoms with E-state index >= 15 is 0 Å². The molecule has 2 atom stereocenters. The zero-order valence-corrected chi connectivity index (χ0v) is 11.0. The first-order valence-electron chi connectivity index (χ1n) is 6.66. The zero-order valence-electron chi connectivity index (χ0n) is 11.0. The number of nitrogens with one attached hydrogen (secondary N) is 1. The lowest BCUT2D eigenvalue weighted by molar-refractivity contribution is -0.140. The van der Waals surface area contributed by atoms with Gasteiger partial charge in [0, 0.05) is 19.6 Å². The van der Waals surface area contributed by atoms with E-state index in [0.717, 1.165) is 38.9 Å². The van der Waals surface area contributed by atoms with Gasteiger partial charge in [-0.15, -0.1) is 0 Å². The molecule has 2 N–H and O–H groups in total. The summed E-state index contributed by atoms with van der Waals surface area (Å²) in [6.07, 6.45) is 3.33. The molecule has 2 heterocycles. The fourth-order valence-corrected chi connectivity index (χ4v) is 2.85. The number of carbonyl (C=O) groups excluding carboxylic acids is 1. The summed E-state index contributed by atoms with van der Waals surface area (Å²) in [4.78, 5) is 14.4. The van der Waals surface area contributed by atoms with E-state index in [4.69, 9.17) is 0 Å². The van der Waals surface area contributed by atoms with Crippen LogP contribution >= 0.6 is 0 Å². The maximum absolute atomic E-state index is 12.5. The summed E-state index contributed by atoms with van der Waals surface area (Å²) in [6, 6.07) is 0. The molecule has 0 bridgehead atoms. The molecular weight excluding hydrogens is 216 g/mol. The lowest BCUT2D eigenvalue weighted by Gasteiger charge is -2.30. The van der Waals surface area contributed by atoms with Gasteiger partial charge in [0.15, 0.2) is 0 Å². The minimum absolute atomic E-state index is 0.226. The SMILES string of the molecule is CC1(O)CCCN(C(=O)C2(C)CCNC2)CC1. The first-order chi connectivity index (χ1) is 7.93. The van der Waals surface area contributed by atoms with Crippen molar-refractivity contribution in [2.75, 3.05) is 26.2 Å². The predicted molar refractivity (Wildman–Crippen MR) is 66.6 cm³/mol. The molecular formula is C13H24N2O2. The molecule has 4 heteroatoms. The third-order valence-electron chi connectivity index (χ3n) is 4.24. The molecule has 17 heavy (non-hydrogen) atoms. The molecule has 0 aliphatic carbocycles. The largest absolute Gasteiger partial charge is 0.390 e. The van der Waals surface area contributed by atoms with Crippen molar-refractivity contribution in [1.82, 2.24) is 10.2 Å². The van der Waals surface area contributed by atoms with Crippen LogP contribution in [0, 0.1) is 5.41 Å². The second kappa shape index (κ2) is 4.58. The van der Waals surface area contributed by atoms with Crippen molar-refractivity contribution in [2.24, 2.45) is 5.41 Å². The van der Waals surface area contributed by atoms with Crippen LogP contribution in [0.1, 0.15) is 39.5 Å². The maximum Gasteiger partial charge on any atom is 0.229 e. The quantitative estimate of drug-likeness (QED) is 0.711. The number of carbonyl (C=O) groups is 1. The lowest BCUT2D eigenvalue weighted by atomic mass is 9.88. The average Bonchev–Trinajstić information content (AvgIpc) is 2.62. The Bertz CT molecular complexity index is 296. The average molecular weight is 240 g/mol. The Morgan fingerprint density at radius 2 is 2.00 bits per heavy atom. The third-order valence-corrected chi connectivity index (χ3v) is 4.24. The lowest BCUT2D eigenvalue weighted by Crippen LogP contribution is -2.44. The van der Waals surface area contributed by atoms with Gasteiger partial charge in [-0.3, -0.25) is 4.79 Å². The van der Waals surface area contributed by atoms with E-state index in [2.05, 4.69) is 12.2 Å². The van der Waals surface area contributed by atoms with Crippen molar-refractivity contribution >= 4 is 5.91 Å². The van der Waals surface area contributed by atoms with Crippen LogP contribution in [0.2, 0.25) is 0 Å². The minimum atomic E-state index is -0.593. The molecule has 2 unspecified atom stereocenters. The van der Waals surface area contributed by atoms with Crippen molar-refractivity contribution in [3.05, 3.63) is 0 Å². The topological polar surface area (TPSA) is 52.6 Å². The molecule has 4 nitrogen and oxygen atoms in total. The van der Waals surface area contributed by atoms with Gasteiger partial charge in [0.25, 0.3) is 0 Å². The van der Waals surface area contributed by atoms with Gasteiger partial charge in [-0.05, 0) is 46.1 Å². The van der Waals surface area contributed by atoms with Crippen molar-refractivity contribution in [1.29, 1.82) is 0 Å². The fraction of sp³-hybridized carbons (Fsp3) is 0.923. The van der Waals surface area contributed by atoms with Gasteiger partial charge in [0.1, 0.15) is 0 Å². The monoisotopic (exact) mass is 240 g/mol. The molecule has 2 fully saturated rings. The standard InChI is InChI=1S/C13H24N2O2/c1-12(5-7-14-10-12)11(16)15-8-3-4-13(2,17)6-9-15/h14,17H,3-10H2,1-2H3. The number of likely N-dealkylation sites (tertiary alicyclic amines) is 1. The van der Waals surface area contributed by atoms with Crippen LogP contribution in [0.4, 0.5) is 0 Å². The van der Waals surface area contributed by atoms with Gasteiger partial charge < -0.3 is 15.3 Å². The van der Waals surface area contributed by atoms with Crippen LogP contribution < -0.4 is 5.32 Å². The highest BCUT2D eigenvalue weighted by Gasteiger charge is 2.40. The summed E-state index contributed by atoms with van der Waals surface area (Å²) in [6.45, 7) is 7.15. The summed E-state index contributed by atoms with van der Waals surface area (Å²) >= 11 is 0. The van der Waals surface area contributed by atoms with E-state index in [1.54, 1.807) is 0 Å². The number of nitrogens with zero attached hydrogens (tertiary/aromatic N) is 1. The molecule has 0 saturated carbocycles. The Labute approximate surface area is 103 Å². The number of hydrogen-bond acceptors (Lipinski definition) is 3. The highest BCUT2D eigenvalue weighted by molar-refractivity contribution is 5.83. The van der Waals surface area contributed by atoms with Crippen LogP contribution in [0.15, 0.2) is 0 Å². The van der Waals surface area contributed by atoms with Gasteiger partial charge in [-0.25, -0.2) is 0 Å². The van der Waals surface area contributed by atoms with Crippen LogP contribution in [0.3, 0.4) is 0 Å². The Kier molecular flexibility index (Phi) is 3.46. The molecule has 0 aromatic rings. The molecule has 2 rings (SSSR count). The molecule has 2 aliphatic rings. The van der Waals surface area contributed by atoms with Crippen molar-refractivity contribution in [2.45, 2.75) is 45.1 Å². The molecule has 0 aromatic carbocycles. The van der Waals surface area contributed by atoms with Crippen molar-refractivity contribution in [3.8, 4) is 0 Å². The predicted octanol–water partition coefficient (Wildman–Crippen LogP) is 0.749. The highest BCUT2D eigenvalue weighted by Crippen LogP contribution is 2.29. The molecule has 1 amide bonds. The molecule has 2 aliphatic heterocycles. The normalized spacial score (nSPS) is 39.1. The third kappa shape index (κ3) is 2.80. The van der Waals surface area contributed by atoms with E-state index in [-0.39, 0.29) is 11.3 Å². The van der Waals surface area contributed by atoms with E-state index in [1.807, 2.05) is 11.8 Å². The van der Waals surface area contributed by atoms with Crippen LogP contribution in [0.5, 0.6) is 0 Å². The van der Waals surface area contributed by atoms with Gasteiger partial charge in [-0.1, -0.05) is 0 Å². The van der Waals surface area contributed by atoms with E-state index in [0.29, 0.717) is 13.0 Å².